The molecule has 3 heterocycles. The number of hydrogen-bond acceptors (Lipinski definition) is 4. The number of likely N-dealkylation sites (tertiary alicyclic amines) is 1. The van der Waals surface area contributed by atoms with E-state index in [0.29, 0.717) is 22.4 Å². The summed E-state index contributed by atoms with van der Waals surface area (Å²) in [6.07, 6.45) is 0.529. The van der Waals surface area contributed by atoms with E-state index in [1.807, 2.05) is 13.8 Å². The van der Waals surface area contributed by atoms with Gasteiger partial charge < -0.3 is 4.90 Å². The Balaban J connectivity index is 0.00000158. The lowest BCUT2D eigenvalue weighted by Gasteiger charge is -2.41. The zero-order valence-electron chi connectivity index (χ0n) is 18.4. The fraction of sp³-hybridized carbons (Fsp3) is 0.400. The van der Waals surface area contributed by atoms with Crippen molar-refractivity contribution in [2.24, 2.45) is 0 Å². The molecule has 1 fully saturated rings. The molecule has 6 nitrogen and oxygen atoms in total. The van der Waals surface area contributed by atoms with Crippen molar-refractivity contribution in [2.75, 3.05) is 13.1 Å². The third kappa shape index (κ3) is 5.42. The van der Waals surface area contributed by atoms with Gasteiger partial charge in [0, 0.05) is 30.1 Å². The molecule has 188 valence electrons. The van der Waals surface area contributed by atoms with E-state index in [1.54, 1.807) is 6.92 Å². The molecular weight excluding hydrogens is 491 g/mol. The predicted molar refractivity (Wildman–Crippen MR) is 113 cm³/mol. The fourth-order valence-electron chi connectivity index (χ4n) is 3.75. The van der Waals surface area contributed by atoms with E-state index in [9.17, 15) is 33.0 Å². The lowest BCUT2D eigenvalue weighted by atomic mass is 9.91. The van der Waals surface area contributed by atoms with Gasteiger partial charge in [0.25, 0.3) is 17.6 Å². The average Bonchev–Trinajstić information content (AvgIpc) is 3.19. The minimum atomic E-state index is -10.0. The molecule has 1 aliphatic rings. The van der Waals surface area contributed by atoms with E-state index in [-0.39, 0.29) is 24.5 Å². The first-order chi connectivity index (χ1) is 15.5. The second-order valence-corrected chi connectivity index (χ2v) is 10.1. The molecule has 0 spiro atoms. The summed E-state index contributed by atoms with van der Waals surface area (Å²) >= 11 is 0. The number of aryl methyl sites for hydroxylation is 1. The van der Waals surface area contributed by atoms with Crippen LogP contribution in [0.3, 0.4) is 0 Å². The lowest BCUT2D eigenvalue weighted by Crippen LogP contribution is -2.49. The molecule has 1 aromatic carbocycles. The van der Waals surface area contributed by atoms with Crippen LogP contribution in [0.15, 0.2) is 41.6 Å². The molecule has 1 atom stereocenters. The molecule has 1 unspecified atom stereocenters. The lowest BCUT2D eigenvalue weighted by molar-refractivity contribution is -0.0641. The van der Waals surface area contributed by atoms with Crippen LogP contribution in [0.5, 0.6) is 0 Å². The van der Waals surface area contributed by atoms with E-state index >= 15 is 0 Å². The van der Waals surface area contributed by atoms with Crippen molar-refractivity contribution in [3.8, 4) is 0 Å². The van der Waals surface area contributed by atoms with Crippen molar-refractivity contribution in [3.63, 3.8) is 0 Å². The first kappa shape index (κ1) is 25.7. The van der Waals surface area contributed by atoms with E-state index in [1.165, 1.54) is 16.9 Å². The number of amides is 1. The minimum absolute atomic E-state index is 0.00213. The van der Waals surface area contributed by atoms with Gasteiger partial charge in [-0.3, -0.25) is 4.79 Å². The highest BCUT2D eigenvalue weighted by Gasteiger charge is 2.65. The van der Waals surface area contributed by atoms with Crippen LogP contribution in [0, 0.1) is 6.92 Å². The van der Waals surface area contributed by atoms with Gasteiger partial charge in [0.15, 0.2) is 0 Å². The number of fused-ring (bicyclic) bond motifs is 1. The summed E-state index contributed by atoms with van der Waals surface area (Å²) in [4.78, 5) is 19.2. The van der Waals surface area contributed by atoms with Crippen LogP contribution in [0.1, 0.15) is 47.9 Å². The molecule has 34 heavy (non-hydrogen) atoms. The molecule has 2 aromatic heterocycles. The summed E-state index contributed by atoms with van der Waals surface area (Å²) in [7, 11) is -10.0. The molecule has 3 aromatic rings. The number of halogens is 7. The van der Waals surface area contributed by atoms with Gasteiger partial charge in [-0.15, -0.1) is 0 Å². The quantitative estimate of drug-likeness (QED) is 0.381. The van der Waals surface area contributed by atoms with Crippen LogP contribution in [0.4, 0.5) is 28.2 Å². The van der Waals surface area contributed by atoms with Crippen LogP contribution in [-0.4, -0.2) is 49.4 Å². The van der Waals surface area contributed by atoms with Gasteiger partial charge >= 0.3 is 10.2 Å². The predicted octanol–water partition coefficient (Wildman–Crippen LogP) is 6.38. The number of rotatable bonds is 3. The smallest absolute Gasteiger partial charge is 0.310 e. The molecule has 1 saturated heterocycles. The number of nitrogens with zero attached hydrogens (tertiary/aromatic N) is 5. The van der Waals surface area contributed by atoms with Gasteiger partial charge in [0.1, 0.15) is 11.2 Å². The summed E-state index contributed by atoms with van der Waals surface area (Å²) in [5, 5.41) is 3.95. The molecular formula is C20H22F7N5OS. The van der Waals surface area contributed by atoms with E-state index in [2.05, 4.69) is 15.1 Å². The Bertz CT molecular complexity index is 1230. The molecule has 1 aliphatic heterocycles. The maximum atomic E-state index is 14.5. The Morgan fingerprint density at radius 1 is 1.12 bits per heavy atom. The van der Waals surface area contributed by atoms with Crippen molar-refractivity contribution in [3.05, 3.63) is 53.6 Å². The van der Waals surface area contributed by atoms with E-state index in [4.69, 9.17) is 0 Å². The van der Waals surface area contributed by atoms with Crippen molar-refractivity contribution in [2.45, 2.75) is 43.9 Å². The first-order valence-corrected chi connectivity index (χ1v) is 12.2. The van der Waals surface area contributed by atoms with E-state index in [0.717, 1.165) is 6.07 Å². The van der Waals surface area contributed by atoms with Crippen molar-refractivity contribution < 1.29 is 33.0 Å². The molecule has 0 bridgehead atoms. The largest absolute Gasteiger partial charge is 0.332 e. The Morgan fingerprint density at radius 2 is 1.79 bits per heavy atom. The van der Waals surface area contributed by atoms with Gasteiger partial charge in [-0.25, -0.2) is 18.3 Å². The Hall–Kier alpha value is -2.90. The van der Waals surface area contributed by atoms with Gasteiger partial charge in [-0.2, -0.15) is 10.1 Å². The average molecular weight is 513 g/mol. The number of hydrogen-bond donors (Lipinski definition) is 0. The van der Waals surface area contributed by atoms with Crippen molar-refractivity contribution in [1.29, 1.82) is 0 Å². The van der Waals surface area contributed by atoms with Crippen LogP contribution in [0.25, 0.3) is 5.78 Å². The number of aromatic nitrogens is 4. The molecule has 14 heteroatoms. The van der Waals surface area contributed by atoms with Crippen LogP contribution in [-0.2, 0) is 0 Å². The van der Waals surface area contributed by atoms with Crippen LogP contribution in [0.2, 0.25) is 0 Å². The third-order valence-electron chi connectivity index (χ3n) is 5.05. The second kappa shape index (κ2) is 7.82. The molecule has 0 radical (unpaired) electrons. The highest BCUT2D eigenvalue weighted by atomic mass is 32.5. The summed E-state index contributed by atoms with van der Waals surface area (Å²) in [5.41, 5.74) is 0.00259. The first-order valence-electron chi connectivity index (χ1n) is 10.2. The fourth-order valence-corrected chi connectivity index (χ4v) is 4.44. The summed E-state index contributed by atoms with van der Waals surface area (Å²) in [6.45, 7) is 4.27. The number of carbonyl (C=O) groups is 1. The molecule has 0 saturated carbocycles. The van der Waals surface area contributed by atoms with Gasteiger partial charge in [-0.05, 0) is 31.2 Å². The van der Waals surface area contributed by atoms with Gasteiger partial charge in [0.2, 0.25) is 0 Å². The Morgan fingerprint density at radius 3 is 2.44 bits per heavy atom. The molecule has 1 amide bonds. The third-order valence-corrected chi connectivity index (χ3v) is 6.19. The number of benzene rings is 1. The van der Waals surface area contributed by atoms with Crippen LogP contribution < -0.4 is 0 Å². The standard InChI is InChI=1S/C18H16F7N5OS.C2H6/c1-11-5-15(30-17(28-11)26-10-27-30)13-7-18(19,20)9-29(8-13)16(31)12-3-2-4-14(6-12)32(21,22,23,24)25;1-2/h2-6,10,13H,7-9H2,1H3;1-2H3. The number of alkyl halides is 2. The number of piperidine rings is 1. The topological polar surface area (TPSA) is 63.4 Å². The monoisotopic (exact) mass is 513 g/mol. The normalized spacial score (nSPS) is 20.2. The highest BCUT2D eigenvalue weighted by Crippen LogP contribution is 3.02. The molecule has 0 N–H and O–H groups in total. The highest BCUT2D eigenvalue weighted by molar-refractivity contribution is 8.45. The molecule has 0 aliphatic carbocycles. The zero-order valence-corrected chi connectivity index (χ0v) is 19.2. The van der Waals surface area contributed by atoms with Crippen molar-refractivity contribution >= 4 is 21.9 Å². The molecule has 4 rings (SSSR count). The minimum Gasteiger partial charge on any atom is -0.332 e. The SMILES string of the molecule is CC.Cc1cc(C2CN(C(=O)c3cccc(S(F)(F)(F)(F)F)c3)CC(F)(F)C2)n2ncnc2n1. The maximum Gasteiger partial charge on any atom is 0.310 e. The summed E-state index contributed by atoms with van der Waals surface area (Å²) in [6, 6.07) is 3.17. The van der Waals surface area contributed by atoms with E-state index < -0.39 is 51.4 Å². The Kier molecular flexibility index (Phi) is 5.91. The number of carbonyl (C=O) groups excluding carboxylic acids is 1. The summed E-state index contributed by atoms with van der Waals surface area (Å²) in [5.74, 6) is -5.37. The van der Waals surface area contributed by atoms with Crippen LogP contribution >= 0.6 is 10.2 Å². The van der Waals surface area contributed by atoms with Gasteiger partial charge in [0.05, 0.1) is 12.2 Å². The maximum absolute atomic E-state index is 14.5. The summed E-state index contributed by atoms with van der Waals surface area (Å²) < 4.78 is 96.0. The zero-order chi connectivity index (χ0) is 25.6. The van der Waals surface area contributed by atoms with Gasteiger partial charge in [-0.1, -0.05) is 39.3 Å². The second-order valence-electron chi connectivity index (χ2n) is 7.73. The van der Waals surface area contributed by atoms with Crippen molar-refractivity contribution in [1.82, 2.24) is 24.5 Å². The Labute approximate surface area is 190 Å².